The Balaban J connectivity index is 1.81. The van der Waals surface area contributed by atoms with E-state index in [1.165, 1.54) is 39.9 Å². The summed E-state index contributed by atoms with van der Waals surface area (Å²) in [6, 6.07) is 14.8. The van der Waals surface area contributed by atoms with E-state index in [0.29, 0.717) is 6.54 Å². The smallest absolute Gasteiger partial charge is 0.207 e. The van der Waals surface area contributed by atoms with Gasteiger partial charge in [-0.2, -0.15) is 8.61 Å². The van der Waals surface area contributed by atoms with Crippen LogP contribution >= 0.6 is 0 Å². The molecule has 0 amide bonds. The van der Waals surface area contributed by atoms with Crippen LogP contribution in [0.3, 0.4) is 0 Å². The van der Waals surface area contributed by atoms with E-state index in [-0.39, 0.29) is 22.4 Å². The third-order valence-electron chi connectivity index (χ3n) is 5.13. The summed E-state index contributed by atoms with van der Waals surface area (Å²) in [6.45, 7) is 2.66. The number of nitrogens with zero attached hydrogens (tertiary/aromatic N) is 2. The van der Waals surface area contributed by atoms with E-state index in [1.807, 2.05) is 37.3 Å². The molecule has 28 heavy (non-hydrogen) atoms. The van der Waals surface area contributed by atoms with Crippen molar-refractivity contribution in [2.24, 2.45) is 0 Å². The van der Waals surface area contributed by atoms with E-state index in [9.17, 15) is 16.8 Å². The van der Waals surface area contributed by atoms with Crippen LogP contribution in [0.5, 0.6) is 0 Å². The number of rotatable bonds is 6. The minimum Gasteiger partial charge on any atom is -0.207 e. The molecular formula is C20H26N2O4S2. The lowest BCUT2D eigenvalue weighted by molar-refractivity contribution is 0.268. The molecule has 1 unspecified atom stereocenters. The molecule has 0 aromatic heterocycles. The minimum atomic E-state index is -3.71. The van der Waals surface area contributed by atoms with Crippen molar-refractivity contribution in [1.82, 2.24) is 8.61 Å². The summed E-state index contributed by atoms with van der Waals surface area (Å²) in [4.78, 5) is 0.211. The van der Waals surface area contributed by atoms with Crippen LogP contribution in [-0.4, -0.2) is 45.1 Å². The van der Waals surface area contributed by atoms with Crippen molar-refractivity contribution in [3.8, 4) is 0 Å². The standard InChI is InChI=1S/C20H26N2O4S2/c1-17-8-6-7-15-22(17)28(25,26)20-13-11-19(12-14-20)27(23,24)21(2)16-18-9-4-3-5-10-18/h3-5,9-14,17H,6-8,15-16H2,1-2H3. The molecule has 0 spiro atoms. The molecule has 3 rings (SSSR count). The predicted octanol–water partition coefficient (Wildman–Crippen LogP) is 3.07. The van der Waals surface area contributed by atoms with Gasteiger partial charge in [0.1, 0.15) is 0 Å². The number of hydrogen-bond acceptors (Lipinski definition) is 4. The molecule has 0 saturated carbocycles. The average molecular weight is 423 g/mol. The summed E-state index contributed by atoms with van der Waals surface area (Å²) >= 11 is 0. The Bertz CT molecular complexity index is 1000. The van der Waals surface area contributed by atoms with E-state index >= 15 is 0 Å². The fourth-order valence-corrected chi connectivity index (χ4v) is 6.31. The molecular weight excluding hydrogens is 396 g/mol. The molecule has 0 radical (unpaired) electrons. The maximum atomic E-state index is 12.9. The second kappa shape index (κ2) is 8.32. The van der Waals surface area contributed by atoms with Crippen LogP contribution in [0.1, 0.15) is 31.7 Å². The summed E-state index contributed by atoms with van der Waals surface area (Å²) in [5.41, 5.74) is 0.881. The topological polar surface area (TPSA) is 74.8 Å². The number of sulfonamides is 2. The highest BCUT2D eigenvalue weighted by molar-refractivity contribution is 7.89. The van der Waals surface area contributed by atoms with Crippen LogP contribution in [0.4, 0.5) is 0 Å². The third-order valence-corrected chi connectivity index (χ3v) is 8.97. The molecule has 1 saturated heterocycles. The van der Waals surface area contributed by atoms with Gasteiger partial charge in [-0.3, -0.25) is 0 Å². The predicted molar refractivity (Wildman–Crippen MR) is 109 cm³/mol. The normalized spacial score (nSPS) is 19.0. The zero-order valence-electron chi connectivity index (χ0n) is 16.2. The number of benzene rings is 2. The molecule has 1 heterocycles. The van der Waals surface area contributed by atoms with Gasteiger partial charge < -0.3 is 0 Å². The van der Waals surface area contributed by atoms with Gasteiger partial charge >= 0.3 is 0 Å². The van der Waals surface area contributed by atoms with Gasteiger partial charge in [-0.1, -0.05) is 36.8 Å². The van der Waals surface area contributed by atoms with Gasteiger partial charge in [0.25, 0.3) is 0 Å². The molecule has 152 valence electrons. The van der Waals surface area contributed by atoms with Crippen LogP contribution in [-0.2, 0) is 26.6 Å². The molecule has 0 N–H and O–H groups in total. The van der Waals surface area contributed by atoms with E-state index in [0.717, 1.165) is 24.8 Å². The lowest BCUT2D eigenvalue weighted by Crippen LogP contribution is -2.41. The lowest BCUT2D eigenvalue weighted by Gasteiger charge is -2.32. The van der Waals surface area contributed by atoms with Gasteiger partial charge in [0, 0.05) is 26.2 Å². The third kappa shape index (κ3) is 4.30. The lowest BCUT2D eigenvalue weighted by atomic mass is 10.1. The fourth-order valence-electron chi connectivity index (χ4n) is 3.45. The Morgan fingerprint density at radius 2 is 1.54 bits per heavy atom. The summed E-state index contributed by atoms with van der Waals surface area (Å²) in [6.07, 6.45) is 2.72. The molecule has 2 aromatic rings. The molecule has 1 atom stereocenters. The first-order valence-electron chi connectivity index (χ1n) is 9.35. The van der Waals surface area contributed by atoms with Gasteiger partial charge in [0.15, 0.2) is 0 Å². The molecule has 8 heteroatoms. The zero-order valence-corrected chi connectivity index (χ0v) is 17.8. The van der Waals surface area contributed by atoms with Crippen molar-refractivity contribution in [2.45, 2.75) is 48.6 Å². The Morgan fingerprint density at radius 3 is 2.14 bits per heavy atom. The Labute approximate surface area is 167 Å². The Morgan fingerprint density at radius 1 is 0.929 bits per heavy atom. The summed E-state index contributed by atoms with van der Waals surface area (Å²) in [7, 11) is -5.81. The molecule has 1 aliphatic heterocycles. The monoisotopic (exact) mass is 422 g/mol. The summed E-state index contributed by atoms with van der Waals surface area (Å²) < 4.78 is 54.2. The van der Waals surface area contributed by atoms with Gasteiger partial charge in [-0.05, 0) is 49.6 Å². The average Bonchev–Trinajstić information content (AvgIpc) is 2.69. The van der Waals surface area contributed by atoms with E-state index in [1.54, 1.807) is 0 Å². The Hall–Kier alpha value is -1.74. The maximum absolute atomic E-state index is 12.9. The maximum Gasteiger partial charge on any atom is 0.243 e. The summed E-state index contributed by atoms with van der Waals surface area (Å²) in [5.74, 6) is 0. The van der Waals surface area contributed by atoms with Crippen molar-refractivity contribution in [3.63, 3.8) is 0 Å². The van der Waals surface area contributed by atoms with Crippen LogP contribution in [0.15, 0.2) is 64.4 Å². The van der Waals surface area contributed by atoms with Crippen molar-refractivity contribution in [1.29, 1.82) is 0 Å². The quantitative estimate of drug-likeness (QED) is 0.717. The fraction of sp³-hybridized carbons (Fsp3) is 0.400. The van der Waals surface area contributed by atoms with Crippen molar-refractivity contribution in [2.75, 3.05) is 13.6 Å². The SMILES string of the molecule is CC1CCCCN1S(=O)(=O)c1ccc(S(=O)(=O)N(C)Cc2ccccc2)cc1. The second-order valence-electron chi connectivity index (χ2n) is 7.18. The van der Waals surface area contributed by atoms with Crippen molar-refractivity contribution >= 4 is 20.0 Å². The van der Waals surface area contributed by atoms with Gasteiger partial charge in [0.05, 0.1) is 9.79 Å². The highest BCUT2D eigenvalue weighted by atomic mass is 32.2. The highest BCUT2D eigenvalue weighted by Gasteiger charge is 2.31. The molecule has 2 aromatic carbocycles. The van der Waals surface area contributed by atoms with Gasteiger partial charge in [-0.25, -0.2) is 16.8 Å². The molecule has 1 aliphatic rings. The van der Waals surface area contributed by atoms with Crippen LogP contribution in [0.25, 0.3) is 0 Å². The number of hydrogen-bond donors (Lipinski definition) is 0. The first kappa shape index (κ1) is 21.0. The van der Waals surface area contributed by atoms with Crippen LogP contribution < -0.4 is 0 Å². The van der Waals surface area contributed by atoms with Crippen LogP contribution in [0.2, 0.25) is 0 Å². The largest absolute Gasteiger partial charge is 0.243 e. The zero-order chi connectivity index (χ0) is 20.4. The van der Waals surface area contributed by atoms with Gasteiger partial charge in [-0.15, -0.1) is 0 Å². The van der Waals surface area contributed by atoms with E-state index in [2.05, 4.69) is 0 Å². The molecule has 0 bridgehead atoms. The Kier molecular flexibility index (Phi) is 6.24. The van der Waals surface area contributed by atoms with Crippen molar-refractivity contribution < 1.29 is 16.8 Å². The molecule has 1 fully saturated rings. The van der Waals surface area contributed by atoms with Gasteiger partial charge in [0.2, 0.25) is 20.0 Å². The van der Waals surface area contributed by atoms with Crippen LogP contribution in [0, 0.1) is 0 Å². The minimum absolute atomic E-state index is 0.0424. The first-order valence-corrected chi connectivity index (χ1v) is 12.2. The molecule has 6 nitrogen and oxygen atoms in total. The summed E-state index contributed by atoms with van der Waals surface area (Å²) in [5, 5.41) is 0. The highest BCUT2D eigenvalue weighted by Crippen LogP contribution is 2.26. The van der Waals surface area contributed by atoms with E-state index < -0.39 is 20.0 Å². The molecule has 0 aliphatic carbocycles. The number of piperidine rings is 1. The van der Waals surface area contributed by atoms with E-state index in [4.69, 9.17) is 0 Å². The first-order chi connectivity index (χ1) is 13.2. The second-order valence-corrected chi connectivity index (χ2v) is 11.1. The van der Waals surface area contributed by atoms with Crippen molar-refractivity contribution in [3.05, 3.63) is 60.2 Å².